The molecule has 6 nitrogen and oxygen atoms in total. The Bertz CT molecular complexity index is 1290. The highest BCUT2D eigenvalue weighted by Gasteiger charge is 2.19. The van der Waals surface area contributed by atoms with Crippen molar-refractivity contribution in [3.63, 3.8) is 0 Å². The van der Waals surface area contributed by atoms with Crippen molar-refractivity contribution in [1.82, 2.24) is 15.0 Å². The molecule has 0 unspecified atom stereocenters. The summed E-state index contributed by atoms with van der Waals surface area (Å²) in [4.78, 5) is 16.7. The summed E-state index contributed by atoms with van der Waals surface area (Å²) in [7, 11) is 0. The van der Waals surface area contributed by atoms with Crippen molar-refractivity contribution in [2.75, 3.05) is 31.2 Å². The Kier molecular flexibility index (Phi) is 5.21. The zero-order valence-corrected chi connectivity index (χ0v) is 17.4. The molecule has 0 aliphatic carbocycles. The van der Waals surface area contributed by atoms with Gasteiger partial charge in [-0.3, -0.25) is 0 Å². The van der Waals surface area contributed by atoms with Gasteiger partial charge in [0.15, 0.2) is 11.5 Å². The first kappa shape index (κ1) is 19.4. The van der Waals surface area contributed by atoms with Crippen LogP contribution in [0.15, 0.2) is 60.7 Å². The van der Waals surface area contributed by atoms with Gasteiger partial charge in [-0.15, -0.1) is 0 Å². The van der Waals surface area contributed by atoms with Crippen molar-refractivity contribution in [1.29, 1.82) is 5.26 Å². The van der Waals surface area contributed by atoms with Crippen LogP contribution in [0.5, 0.6) is 0 Å². The molecule has 3 heterocycles. The minimum atomic E-state index is 0.548. The van der Waals surface area contributed by atoms with Crippen LogP contribution in [0.25, 0.3) is 33.7 Å². The van der Waals surface area contributed by atoms with Crippen molar-refractivity contribution < 1.29 is 4.74 Å². The molecule has 152 valence electrons. The van der Waals surface area contributed by atoms with Gasteiger partial charge in [0.05, 0.1) is 35.9 Å². The summed E-state index contributed by atoms with van der Waals surface area (Å²) in [6, 6.07) is 21.1. The van der Waals surface area contributed by atoms with E-state index in [9.17, 15) is 5.26 Å². The van der Waals surface area contributed by atoms with Gasteiger partial charge in [-0.25, -0.2) is 15.0 Å². The van der Waals surface area contributed by atoms with E-state index in [0.717, 1.165) is 41.1 Å². The molecule has 1 aliphatic heterocycles. The van der Waals surface area contributed by atoms with E-state index >= 15 is 0 Å². The number of rotatable bonds is 3. The molecule has 0 N–H and O–H groups in total. The Balaban J connectivity index is 1.69. The van der Waals surface area contributed by atoms with E-state index < -0.39 is 0 Å². The molecular weight excluding hydrogens is 410 g/mol. The first-order valence-corrected chi connectivity index (χ1v) is 10.4. The van der Waals surface area contributed by atoms with E-state index in [1.54, 1.807) is 12.1 Å². The molecular formula is C24H18ClN5O. The molecule has 1 aliphatic rings. The molecule has 1 fully saturated rings. The molecule has 31 heavy (non-hydrogen) atoms. The lowest BCUT2D eigenvalue weighted by Crippen LogP contribution is -2.37. The maximum atomic E-state index is 9.29. The number of ether oxygens (including phenoxy) is 1. The molecule has 0 bridgehead atoms. The van der Waals surface area contributed by atoms with E-state index in [-0.39, 0.29) is 0 Å². The van der Waals surface area contributed by atoms with Crippen molar-refractivity contribution in [3.8, 4) is 28.7 Å². The lowest BCUT2D eigenvalue weighted by Gasteiger charge is -2.28. The third-order valence-corrected chi connectivity index (χ3v) is 5.49. The maximum Gasteiger partial charge on any atom is 0.165 e. The number of benzene rings is 2. The molecule has 4 aromatic rings. The number of hydrogen-bond acceptors (Lipinski definition) is 6. The van der Waals surface area contributed by atoms with Crippen LogP contribution in [0.4, 0.5) is 5.82 Å². The number of nitriles is 1. The Morgan fingerprint density at radius 1 is 0.903 bits per heavy atom. The van der Waals surface area contributed by atoms with Crippen LogP contribution in [0.3, 0.4) is 0 Å². The topological polar surface area (TPSA) is 74.9 Å². The number of anilines is 1. The van der Waals surface area contributed by atoms with Gasteiger partial charge in [-0.05, 0) is 36.4 Å². The van der Waals surface area contributed by atoms with Crippen LogP contribution < -0.4 is 4.90 Å². The molecule has 1 saturated heterocycles. The van der Waals surface area contributed by atoms with Gasteiger partial charge in [0.2, 0.25) is 0 Å². The minimum absolute atomic E-state index is 0.548. The Hall–Kier alpha value is -3.53. The summed E-state index contributed by atoms with van der Waals surface area (Å²) in [5, 5.41) is 10.9. The Labute approximate surface area is 184 Å². The fourth-order valence-electron chi connectivity index (χ4n) is 3.65. The number of aromatic nitrogens is 3. The number of nitrogens with zero attached hydrogens (tertiary/aromatic N) is 5. The van der Waals surface area contributed by atoms with E-state index in [2.05, 4.69) is 11.0 Å². The highest BCUT2D eigenvalue weighted by atomic mass is 35.5. The fourth-order valence-corrected chi connectivity index (χ4v) is 3.77. The fraction of sp³-hybridized carbons (Fsp3) is 0.167. The molecule has 5 rings (SSSR count). The number of morpholine rings is 1. The van der Waals surface area contributed by atoms with Crippen molar-refractivity contribution in [2.24, 2.45) is 0 Å². The summed E-state index contributed by atoms with van der Waals surface area (Å²) in [5.41, 5.74) is 3.74. The van der Waals surface area contributed by atoms with Crippen LogP contribution in [0, 0.1) is 11.3 Å². The first-order chi connectivity index (χ1) is 15.2. The van der Waals surface area contributed by atoms with Crippen molar-refractivity contribution >= 4 is 28.5 Å². The van der Waals surface area contributed by atoms with E-state index in [1.807, 2.05) is 48.5 Å². The van der Waals surface area contributed by atoms with Gasteiger partial charge in [-0.2, -0.15) is 5.26 Å². The van der Waals surface area contributed by atoms with Crippen molar-refractivity contribution in [2.45, 2.75) is 0 Å². The second-order valence-electron chi connectivity index (χ2n) is 7.24. The van der Waals surface area contributed by atoms with Gasteiger partial charge in [0.25, 0.3) is 0 Å². The van der Waals surface area contributed by atoms with Crippen LogP contribution in [-0.2, 0) is 4.74 Å². The lowest BCUT2D eigenvalue weighted by molar-refractivity contribution is 0.122. The number of fused-ring (bicyclic) bond motifs is 1. The predicted octanol–water partition coefficient (Wildman–Crippen LogP) is 4.72. The molecule has 2 aromatic carbocycles. The highest BCUT2D eigenvalue weighted by molar-refractivity contribution is 6.30. The van der Waals surface area contributed by atoms with Crippen LogP contribution >= 0.6 is 11.6 Å². The molecule has 0 amide bonds. The molecule has 0 saturated carbocycles. The Morgan fingerprint density at radius 3 is 2.48 bits per heavy atom. The molecule has 0 radical (unpaired) electrons. The summed E-state index contributed by atoms with van der Waals surface area (Å²) >= 11 is 6.03. The summed E-state index contributed by atoms with van der Waals surface area (Å²) < 4.78 is 5.52. The second kappa shape index (κ2) is 8.31. The summed E-state index contributed by atoms with van der Waals surface area (Å²) in [5.74, 6) is 1.38. The quantitative estimate of drug-likeness (QED) is 0.471. The summed E-state index contributed by atoms with van der Waals surface area (Å²) in [6.07, 6.45) is 0. The van der Waals surface area contributed by atoms with Gasteiger partial charge < -0.3 is 9.64 Å². The number of halogens is 1. The van der Waals surface area contributed by atoms with E-state index in [0.29, 0.717) is 35.3 Å². The van der Waals surface area contributed by atoms with Gasteiger partial charge in [0.1, 0.15) is 5.82 Å². The van der Waals surface area contributed by atoms with Crippen LogP contribution in [0.2, 0.25) is 5.02 Å². The van der Waals surface area contributed by atoms with Gasteiger partial charge in [0, 0.05) is 29.2 Å². The maximum absolute atomic E-state index is 9.29. The van der Waals surface area contributed by atoms with Gasteiger partial charge in [-0.1, -0.05) is 35.9 Å². The lowest BCUT2D eigenvalue weighted by atomic mass is 10.1. The molecule has 2 aromatic heterocycles. The highest BCUT2D eigenvalue weighted by Crippen LogP contribution is 2.30. The van der Waals surface area contributed by atoms with E-state index in [1.165, 1.54) is 0 Å². The zero-order chi connectivity index (χ0) is 21.2. The molecule has 0 spiro atoms. The van der Waals surface area contributed by atoms with Crippen molar-refractivity contribution in [3.05, 3.63) is 71.2 Å². The Morgan fingerprint density at radius 2 is 1.71 bits per heavy atom. The number of hydrogen-bond donors (Lipinski definition) is 0. The van der Waals surface area contributed by atoms with Gasteiger partial charge >= 0.3 is 0 Å². The third kappa shape index (κ3) is 3.93. The van der Waals surface area contributed by atoms with Crippen LogP contribution in [-0.4, -0.2) is 41.3 Å². The largest absolute Gasteiger partial charge is 0.378 e. The standard InChI is InChI=1S/C24H18ClN5O/c25-19-6-4-17(5-7-19)21-9-8-20-23(27-21)28-22(18-3-1-2-16(14-18)15-26)29-24(20)30-10-12-31-13-11-30/h1-9,14H,10-13H2. The average Bonchev–Trinajstić information content (AvgIpc) is 2.84. The SMILES string of the molecule is N#Cc1cccc(-c2nc(N3CCOCC3)c3ccc(-c4ccc(Cl)cc4)nc3n2)c1. The third-order valence-electron chi connectivity index (χ3n) is 5.24. The van der Waals surface area contributed by atoms with Crippen LogP contribution in [0.1, 0.15) is 5.56 Å². The second-order valence-corrected chi connectivity index (χ2v) is 7.67. The predicted molar refractivity (Wildman–Crippen MR) is 121 cm³/mol. The summed E-state index contributed by atoms with van der Waals surface area (Å²) in [6.45, 7) is 2.81. The zero-order valence-electron chi connectivity index (χ0n) is 16.6. The average molecular weight is 428 g/mol. The molecule has 0 atom stereocenters. The normalized spacial score (nSPS) is 13.9. The smallest absolute Gasteiger partial charge is 0.165 e. The minimum Gasteiger partial charge on any atom is -0.378 e. The van der Waals surface area contributed by atoms with E-state index in [4.69, 9.17) is 31.3 Å². The number of pyridine rings is 1. The monoisotopic (exact) mass is 427 g/mol. The molecule has 7 heteroatoms. The first-order valence-electron chi connectivity index (χ1n) is 9.99.